The molecule has 0 spiro atoms. The summed E-state index contributed by atoms with van der Waals surface area (Å²) in [6, 6.07) is 24.3. The molecule has 2 N–H and O–H groups in total. The van der Waals surface area contributed by atoms with Gasteiger partial charge in [0.15, 0.2) is 6.04 Å². The molecule has 6 nitrogen and oxygen atoms in total. The van der Waals surface area contributed by atoms with E-state index in [0.29, 0.717) is 0 Å². The van der Waals surface area contributed by atoms with Gasteiger partial charge in [0.1, 0.15) is 18.5 Å². The van der Waals surface area contributed by atoms with E-state index in [9.17, 15) is 14.7 Å². The molecule has 3 rings (SSSR count). The minimum atomic E-state index is -1.14. The number of hydrogen-bond acceptors (Lipinski definition) is 5. The first-order valence-corrected chi connectivity index (χ1v) is 9.46. The van der Waals surface area contributed by atoms with E-state index in [1.165, 1.54) is 13.2 Å². The van der Waals surface area contributed by atoms with Gasteiger partial charge in [-0.15, -0.1) is 0 Å². The standard InChI is InChI=1S/C24H23NO5/c1-29-24(28)22(19-14-8-9-15-20(19)26)25-21(27)16-30-23(17-10-4-2-5-11-17)18-12-6-3-7-13-18/h2-15,22-23,26H,16H2,1H3,(H,25,27). The summed E-state index contributed by atoms with van der Waals surface area (Å²) in [5, 5.41) is 12.6. The van der Waals surface area contributed by atoms with Gasteiger partial charge in [-0.05, 0) is 17.2 Å². The van der Waals surface area contributed by atoms with Crippen molar-refractivity contribution in [3.8, 4) is 5.75 Å². The lowest BCUT2D eigenvalue weighted by atomic mass is 10.0. The van der Waals surface area contributed by atoms with Gasteiger partial charge in [-0.3, -0.25) is 4.79 Å². The smallest absolute Gasteiger partial charge is 0.333 e. The molecule has 0 heterocycles. The molecule has 0 aliphatic carbocycles. The van der Waals surface area contributed by atoms with E-state index in [1.807, 2.05) is 60.7 Å². The second-order valence-corrected chi connectivity index (χ2v) is 6.59. The number of phenolic OH excluding ortho intramolecular Hbond substituents is 1. The molecule has 0 fully saturated rings. The molecular weight excluding hydrogens is 382 g/mol. The first-order chi connectivity index (χ1) is 14.6. The van der Waals surface area contributed by atoms with Gasteiger partial charge in [0.2, 0.25) is 5.91 Å². The number of aromatic hydroxyl groups is 1. The van der Waals surface area contributed by atoms with Gasteiger partial charge in [0.05, 0.1) is 7.11 Å². The van der Waals surface area contributed by atoms with Crippen LogP contribution in [0.25, 0.3) is 0 Å². The maximum atomic E-state index is 12.6. The molecule has 154 valence electrons. The molecule has 3 aromatic carbocycles. The number of benzene rings is 3. The Bertz CT molecular complexity index is 936. The maximum absolute atomic E-state index is 12.6. The normalized spacial score (nSPS) is 11.7. The SMILES string of the molecule is COC(=O)C(NC(=O)COC(c1ccccc1)c1ccccc1)c1ccccc1O. The second-order valence-electron chi connectivity index (χ2n) is 6.59. The number of ether oxygens (including phenoxy) is 2. The van der Waals surface area contributed by atoms with Crippen LogP contribution in [0.5, 0.6) is 5.75 Å². The number of hydrogen-bond donors (Lipinski definition) is 2. The zero-order valence-electron chi connectivity index (χ0n) is 16.5. The summed E-state index contributed by atoms with van der Waals surface area (Å²) in [5.41, 5.74) is 2.06. The van der Waals surface area contributed by atoms with Gasteiger partial charge < -0.3 is 19.9 Å². The van der Waals surface area contributed by atoms with Gasteiger partial charge in [0, 0.05) is 5.56 Å². The Morgan fingerprint density at radius 2 is 1.40 bits per heavy atom. The van der Waals surface area contributed by atoms with Crippen molar-refractivity contribution in [2.24, 2.45) is 0 Å². The number of amides is 1. The van der Waals surface area contributed by atoms with Gasteiger partial charge in [-0.2, -0.15) is 0 Å². The summed E-state index contributed by atoms with van der Waals surface area (Å²) in [4.78, 5) is 24.8. The molecule has 0 aromatic heterocycles. The highest BCUT2D eigenvalue weighted by molar-refractivity contribution is 5.86. The molecule has 1 amide bonds. The third-order valence-electron chi connectivity index (χ3n) is 4.58. The molecule has 1 atom stereocenters. The van der Waals surface area contributed by atoms with Crippen LogP contribution in [-0.4, -0.2) is 30.7 Å². The summed E-state index contributed by atoms with van der Waals surface area (Å²) in [5.74, 6) is -1.31. The van der Waals surface area contributed by atoms with E-state index < -0.39 is 24.0 Å². The van der Waals surface area contributed by atoms with Crippen LogP contribution in [0.3, 0.4) is 0 Å². The number of carbonyl (C=O) groups is 2. The van der Waals surface area contributed by atoms with Crippen LogP contribution in [0.2, 0.25) is 0 Å². The van der Waals surface area contributed by atoms with E-state index in [0.717, 1.165) is 11.1 Å². The first-order valence-electron chi connectivity index (χ1n) is 9.46. The Balaban J connectivity index is 1.74. The quantitative estimate of drug-likeness (QED) is 0.560. The Morgan fingerprint density at radius 1 is 0.867 bits per heavy atom. The van der Waals surface area contributed by atoms with Crippen molar-refractivity contribution in [3.63, 3.8) is 0 Å². The third-order valence-corrected chi connectivity index (χ3v) is 4.58. The van der Waals surface area contributed by atoms with Crippen molar-refractivity contribution in [2.45, 2.75) is 12.1 Å². The van der Waals surface area contributed by atoms with Crippen molar-refractivity contribution in [1.29, 1.82) is 0 Å². The fourth-order valence-electron chi connectivity index (χ4n) is 3.12. The maximum Gasteiger partial charge on any atom is 0.333 e. The zero-order valence-corrected chi connectivity index (χ0v) is 16.5. The topological polar surface area (TPSA) is 84.9 Å². The van der Waals surface area contributed by atoms with Crippen LogP contribution in [0.4, 0.5) is 0 Å². The lowest BCUT2D eigenvalue weighted by molar-refractivity contribution is -0.146. The number of nitrogens with one attached hydrogen (secondary N) is 1. The molecule has 3 aromatic rings. The molecule has 0 bridgehead atoms. The molecule has 0 saturated carbocycles. The number of carbonyl (C=O) groups excluding carboxylic acids is 2. The van der Waals surface area contributed by atoms with Gasteiger partial charge in [0.25, 0.3) is 0 Å². The fourth-order valence-corrected chi connectivity index (χ4v) is 3.12. The van der Waals surface area contributed by atoms with Gasteiger partial charge in [-0.25, -0.2) is 4.79 Å². The van der Waals surface area contributed by atoms with Crippen molar-refractivity contribution in [2.75, 3.05) is 13.7 Å². The number of para-hydroxylation sites is 1. The molecule has 0 aliphatic heterocycles. The summed E-state index contributed by atoms with van der Waals surface area (Å²) in [6.45, 7) is -0.282. The van der Waals surface area contributed by atoms with Crippen LogP contribution in [0.15, 0.2) is 84.9 Å². The first kappa shape index (κ1) is 21.1. The van der Waals surface area contributed by atoms with Crippen LogP contribution in [-0.2, 0) is 19.1 Å². The summed E-state index contributed by atoms with van der Waals surface area (Å²) < 4.78 is 10.7. The minimum absolute atomic E-state index is 0.111. The Kier molecular flexibility index (Phi) is 7.19. The fraction of sp³-hybridized carbons (Fsp3) is 0.167. The van der Waals surface area contributed by atoms with E-state index >= 15 is 0 Å². The van der Waals surface area contributed by atoms with E-state index in [-0.39, 0.29) is 17.9 Å². The van der Waals surface area contributed by atoms with Crippen molar-refractivity contribution in [3.05, 3.63) is 102 Å². The molecular formula is C24H23NO5. The highest BCUT2D eigenvalue weighted by Crippen LogP contribution is 2.27. The molecule has 30 heavy (non-hydrogen) atoms. The highest BCUT2D eigenvalue weighted by atomic mass is 16.5. The average molecular weight is 405 g/mol. The lowest BCUT2D eigenvalue weighted by Crippen LogP contribution is -2.37. The zero-order chi connectivity index (χ0) is 21.3. The number of methoxy groups -OCH3 is 1. The number of rotatable bonds is 8. The number of esters is 1. The van der Waals surface area contributed by atoms with E-state index in [1.54, 1.807) is 18.2 Å². The predicted molar refractivity (Wildman–Crippen MR) is 112 cm³/mol. The Morgan fingerprint density at radius 3 is 1.93 bits per heavy atom. The minimum Gasteiger partial charge on any atom is -0.508 e. The van der Waals surface area contributed by atoms with Gasteiger partial charge >= 0.3 is 5.97 Å². The molecule has 0 aliphatic rings. The Hall–Kier alpha value is -3.64. The van der Waals surface area contributed by atoms with Crippen LogP contribution in [0.1, 0.15) is 28.8 Å². The second kappa shape index (κ2) is 10.2. The predicted octanol–water partition coefficient (Wildman–Crippen LogP) is 3.53. The van der Waals surface area contributed by atoms with E-state index in [4.69, 9.17) is 9.47 Å². The lowest BCUT2D eigenvalue weighted by Gasteiger charge is -2.21. The van der Waals surface area contributed by atoms with Crippen LogP contribution >= 0.6 is 0 Å². The van der Waals surface area contributed by atoms with Crippen molar-refractivity contribution in [1.82, 2.24) is 5.32 Å². The number of phenols is 1. The molecule has 1 unspecified atom stereocenters. The molecule has 0 saturated heterocycles. The summed E-state index contributed by atoms with van der Waals surface area (Å²) in [6.07, 6.45) is -0.445. The summed E-state index contributed by atoms with van der Waals surface area (Å²) in [7, 11) is 1.22. The monoisotopic (exact) mass is 405 g/mol. The Labute approximate surface area is 175 Å². The average Bonchev–Trinajstić information content (AvgIpc) is 2.79. The molecule has 6 heteroatoms. The van der Waals surface area contributed by atoms with Crippen molar-refractivity contribution < 1.29 is 24.2 Å². The van der Waals surface area contributed by atoms with Gasteiger partial charge in [-0.1, -0.05) is 78.9 Å². The van der Waals surface area contributed by atoms with E-state index in [2.05, 4.69) is 5.32 Å². The van der Waals surface area contributed by atoms with Crippen LogP contribution in [0, 0.1) is 0 Å². The highest BCUT2D eigenvalue weighted by Gasteiger charge is 2.26. The van der Waals surface area contributed by atoms with Crippen molar-refractivity contribution >= 4 is 11.9 Å². The largest absolute Gasteiger partial charge is 0.508 e. The third kappa shape index (κ3) is 5.24. The molecule has 0 radical (unpaired) electrons. The van der Waals surface area contributed by atoms with Crippen LogP contribution < -0.4 is 5.32 Å². The summed E-state index contributed by atoms with van der Waals surface area (Å²) >= 11 is 0.